The van der Waals surface area contributed by atoms with Crippen LogP contribution >= 0.6 is 27.3 Å². The first-order valence-corrected chi connectivity index (χ1v) is 12.5. The number of carbonyl (C=O) groups is 1. The van der Waals surface area contributed by atoms with Gasteiger partial charge in [-0.3, -0.25) is 19.1 Å². The Kier molecular flexibility index (Phi) is 5.95. The van der Waals surface area contributed by atoms with Crippen LogP contribution in [0.5, 0.6) is 0 Å². The average molecular weight is 501 g/mol. The summed E-state index contributed by atoms with van der Waals surface area (Å²) in [4.78, 5) is 35.9. The lowest BCUT2D eigenvalue weighted by atomic mass is 9.97. The Morgan fingerprint density at radius 2 is 1.84 bits per heavy atom. The van der Waals surface area contributed by atoms with Crippen LogP contribution in [-0.2, 0) is 30.7 Å². The number of likely N-dealkylation sites (tertiary alicyclic amines) is 1. The highest BCUT2D eigenvalue weighted by Gasteiger charge is 2.24. The Morgan fingerprint density at radius 3 is 2.61 bits per heavy atom. The topological polar surface area (TPSA) is 67.2 Å². The zero-order valence-corrected chi connectivity index (χ0v) is 19.7. The van der Waals surface area contributed by atoms with Crippen LogP contribution in [0.3, 0.4) is 0 Å². The lowest BCUT2D eigenvalue weighted by Gasteiger charge is -2.18. The highest BCUT2D eigenvalue weighted by atomic mass is 79.9. The quantitative estimate of drug-likeness (QED) is 0.565. The fraction of sp³-hybridized carbons (Fsp3) is 0.435. The van der Waals surface area contributed by atoms with Gasteiger partial charge in [-0.15, -0.1) is 11.3 Å². The third-order valence-corrected chi connectivity index (χ3v) is 7.86. The number of hydrogen-bond donors (Lipinski definition) is 1. The molecule has 6 nitrogen and oxygen atoms in total. The van der Waals surface area contributed by atoms with Gasteiger partial charge in [-0.05, 0) is 81.4 Å². The fourth-order valence-electron chi connectivity index (χ4n) is 4.58. The van der Waals surface area contributed by atoms with Gasteiger partial charge in [0, 0.05) is 15.0 Å². The van der Waals surface area contributed by atoms with E-state index in [1.54, 1.807) is 15.9 Å². The molecule has 5 rings (SSSR count). The first-order chi connectivity index (χ1) is 15.1. The van der Waals surface area contributed by atoms with Gasteiger partial charge < -0.3 is 5.32 Å². The van der Waals surface area contributed by atoms with Crippen LogP contribution in [-0.4, -0.2) is 33.4 Å². The van der Waals surface area contributed by atoms with E-state index in [1.165, 1.54) is 29.7 Å². The molecule has 0 radical (unpaired) electrons. The van der Waals surface area contributed by atoms with Gasteiger partial charge in [0.2, 0.25) is 5.91 Å². The number of aromatic nitrogens is 2. The van der Waals surface area contributed by atoms with Crippen molar-refractivity contribution >= 4 is 49.1 Å². The van der Waals surface area contributed by atoms with E-state index >= 15 is 0 Å². The van der Waals surface area contributed by atoms with Gasteiger partial charge in [0.1, 0.15) is 17.2 Å². The zero-order chi connectivity index (χ0) is 21.4. The molecule has 1 N–H and O–H groups in total. The van der Waals surface area contributed by atoms with Crippen molar-refractivity contribution in [1.29, 1.82) is 0 Å². The first kappa shape index (κ1) is 20.8. The summed E-state index contributed by atoms with van der Waals surface area (Å²) >= 11 is 5.07. The van der Waals surface area contributed by atoms with Gasteiger partial charge in [-0.1, -0.05) is 15.9 Å². The minimum atomic E-state index is -0.211. The molecule has 31 heavy (non-hydrogen) atoms. The molecule has 1 aromatic carbocycles. The van der Waals surface area contributed by atoms with E-state index in [2.05, 4.69) is 26.1 Å². The van der Waals surface area contributed by atoms with Crippen LogP contribution in [0.25, 0.3) is 10.2 Å². The monoisotopic (exact) mass is 500 g/mol. The summed E-state index contributed by atoms with van der Waals surface area (Å²) in [5.41, 5.74) is 1.81. The lowest BCUT2D eigenvalue weighted by molar-refractivity contribution is -0.116. The number of nitrogens with one attached hydrogen (secondary N) is 1. The van der Waals surface area contributed by atoms with Crippen LogP contribution in [0.15, 0.2) is 33.5 Å². The number of amides is 1. The highest BCUT2D eigenvalue weighted by Crippen LogP contribution is 2.34. The number of rotatable bonds is 5. The molecule has 1 saturated heterocycles. The van der Waals surface area contributed by atoms with Crippen molar-refractivity contribution in [2.75, 3.05) is 18.4 Å². The molecular weight excluding hydrogens is 476 g/mol. The Balaban J connectivity index is 1.51. The van der Waals surface area contributed by atoms with Gasteiger partial charge >= 0.3 is 0 Å². The molecule has 8 heteroatoms. The second-order valence-corrected chi connectivity index (χ2v) is 10.3. The van der Waals surface area contributed by atoms with Crippen molar-refractivity contribution in [3.8, 4) is 0 Å². The fourth-order valence-corrected chi connectivity index (χ4v) is 6.12. The third-order valence-electron chi connectivity index (χ3n) is 6.15. The molecule has 1 aliphatic carbocycles. The van der Waals surface area contributed by atoms with Crippen molar-refractivity contribution in [2.45, 2.75) is 51.6 Å². The maximum absolute atomic E-state index is 13.6. The summed E-state index contributed by atoms with van der Waals surface area (Å²) in [6, 6.07) is 7.44. The summed E-state index contributed by atoms with van der Waals surface area (Å²) in [6.45, 7) is 2.62. The summed E-state index contributed by atoms with van der Waals surface area (Å²) < 4.78 is 2.56. The molecule has 0 spiro atoms. The predicted molar refractivity (Wildman–Crippen MR) is 128 cm³/mol. The SMILES string of the molecule is O=C(Cn1c(CN2CCCC2)nc2sc3c(c2c1=O)CCCC3)Nc1ccc(Br)cc1. The number of nitrogens with zero attached hydrogens (tertiary/aromatic N) is 3. The minimum absolute atomic E-state index is 0.0222. The van der Waals surface area contributed by atoms with Gasteiger partial charge in [0.15, 0.2) is 0 Å². The van der Waals surface area contributed by atoms with E-state index in [4.69, 9.17) is 4.98 Å². The Morgan fingerprint density at radius 1 is 1.10 bits per heavy atom. The van der Waals surface area contributed by atoms with Crippen molar-refractivity contribution in [2.24, 2.45) is 0 Å². The molecule has 1 aliphatic heterocycles. The number of halogens is 1. The summed E-state index contributed by atoms with van der Waals surface area (Å²) in [5, 5.41) is 3.65. The van der Waals surface area contributed by atoms with Crippen molar-refractivity contribution < 1.29 is 4.79 Å². The minimum Gasteiger partial charge on any atom is -0.325 e. The van der Waals surface area contributed by atoms with E-state index in [-0.39, 0.29) is 18.0 Å². The molecule has 0 unspecified atom stereocenters. The number of hydrogen-bond acceptors (Lipinski definition) is 5. The molecular formula is C23H25BrN4O2S. The zero-order valence-electron chi connectivity index (χ0n) is 17.3. The normalized spacial score (nSPS) is 16.5. The second-order valence-electron chi connectivity index (χ2n) is 8.35. The number of thiophene rings is 1. The van der Waals surface area contributed by atoms with Gasteiger partial charge in [0.25, 0.3) is 5.56 Å². The molecule has 1 amide bonds. The summed E-state index contributed by atoms with van der Waals surface area (Å²) in [6.07, 6.45) is 6.58. The summed E-state index contributed by atoms with van der Waals surface area (Å²) in [7, 11) is 0. The van der Waals surface area contributed by atoms with Crippen molar-refractivity contribution in [1.82, 2.24) is 14.5 Å². The van der Waals surface area contributed by atoms with Crippen LogP contribution < -0.4 is 10.9 Å². The first-order valence-electron chi connectivity index (χ1n) is 10.9. The molecule has 3 heterocycles. The molecule has 2 aromatic heterocycles. The van der Waals surface area contributed by atoms with Crippen LogP contribution in [0.4, 0.5) is 5.69 Å². The maximum atomic E-state index is 13.6. The molecule has 0 atom stereocenters. The lowest BCUT2D eigenvalue weighted by Crippen LogP contribution is -2.33. The highest BCUT2D eigenvalue weighted by molar-refractivity contribution is 9.10. The Hall–Kier alpha value is -2.03. The number of anilines is 1. The van der Waals surface area contributed by atoms with E-state index in [0.29, 0.717) is 18.1 Å². The van der Waals surface area contributed by atoms with Crippen molar-refractivity contribution in [3.63, 3.8) is 0 Å². The van der Waals surface area contributed by atoms with E-state index in [9.17, 15) is 9.59 Å². The van der Waals surface area contributed by atoms with E-state index in [1.807, 2.05) is 24.3 Å². The van der Waals surface area contributed by atoms with Gasteiger partial charge in [-0.2, -0.15) is 0 Å². The number of fused-ring (bicyclic) bond motifs is 3. The number of benzene rings is 1. The van der Waals surface area contributed by atoms with E-state index < -0.39 is 0 Å². The van der Waals surface area contributed by atoms with Crippen LogP contribution in [0, 0.1) is 0 Å². The van der Waals surface area contributed by atoms with E-state index in [0.717, 1.165) is 47.0 Å². The number of carbonyl (C=O) groups excluding carboxylic acids is 1. The van der Waals surface area contributed by atoms with Crippen LogP contribution in [0.2, 0.25) is 0 Å². The molecule has 3 aromatic rings. The van der Waals surface area contributed by atoms with Gasteiger partial charge in [-0.25, -0.2) is 4.98 Å². The molecule has 0 bridgehead atoms. The Bertz CT molecular complexity index is 1180. The predicted octanol–water partition coefficient (Wildman–Crippen LogP) is 4.33. The van der Waals surface area contributed by atoms with Crippen LogP contribution in [0.1, 0.15) is 41.9 Å². The Labute approximate surface area is 193 Å². The maximum Gasteiger partial charge on any atom is 0.263 e. The number of aryl methyl sites for hydroxylation is 2. The molecule has 2 aliphatic rings. The van der Waals surface area contributed by atoms with Crippen molar-refractivity contribution in [3.05, 3.63) is 55.4 Å². The average Bonchev–Trinajstić information content (AvgIpc) is 3.40. The smallest absolute Gasteiger partial charge is 0.263 e. The molecule has 1 fully saturated rings. The van der Waals surface area contributed by atoms with Gasteiger partial charge in [0.05, 0.1) is 11.9 Å². The molecule has 162 valence electrons. The standard InChI is InChI=1S/C23H25BrN4O2S/c24-15-7-9-16(10-8-15)25-20(29)14-28-19(13-27-11-3-4-12-27)26-22-21(23(28)30)17-5-1-2-6-18(17)31-22/h7-10H,1-6,11-14H2,(H,25,29). The largest absolute Gasteiger partial charge is 0.325 e. The second kappa shape index (κ2) is 8.84. The third kappa shape index (κ3) is 4.33. The summed E-state index contributed by atoms with van der Waals surface area (Å²) in [5.74, 6) is 0.487. The molecule has 0 saturated carbocycles.